The molecule has 0 spiro atoms. The molecule has 1 aromatic rings. The van der Waals surface area contributed by atoms with E-state index in [0.29, 0.717) is 41.2 Å². The number of urea groups is 1. The van der Waals surface area contributed by atoms with Crippen molar-refractivity contribution in [2.75, 3.05) is 44.2 Å². The lowest BCUT2D eigenvalue weighted by atomic mass is 10.0. The van der Waals surface area contributed by atoms with Gasteiger partial charge in [-0.15, -0.1) is 12.4 Å². The number of fused-ring (bicyclic) bond motifs is 1. The summed E-state index contributed by atoms with van der Waals surface area (Å²) in [5, 5.41) is 6.61. The molecule has 2 atom stereocenters. The highest BCUT2D eigenvalue weighted by Crippen LogP contribution is 2.31. The summed E-state index contributed by atoms with van der Waals surface area (Å²) < 4.78 is 0. The second-order valence-electron chi connectivity index (χ2n) is 6.44. The van der Waals surface area contributed by atoms with Gasteiger partial charge in [0.1, 0.15) is 0 Å². The van der Waals surface area contributed by atoms with Gasteiger partial charge in [-0.1, -0.05) is 11.6 Å². The number of likely N-dealkylation sites (tertiary alicyclic amines) is 1. The van der Waals surface area contributed by atoms with Gasteiger partial charge in [-0.05, 0) is 30.0 Å². The van der Waals surface area contributed by atoms with Gasteiger partial charge in [0.05, 0.1) is 10.7 Å². The Bertz CT molecular complexity index is 657. The van der Waals surface area contributed by atoms with Crippen LogP contribution >= 0.6 is 24.0 Å². The number of rotatable bonds is 2. The van der Waals surface area contributed by atoms with Crippen molar-refractivity contribution in [2.45, 2.75) is 0 Å². The van der Waals surface area contributed by atoms with E-state index in [-0.39, 0.29) is 24.3 Å². The molecular weight excluding hydrogens is 351 g/mol. The number of anilines is 1. The molecule has 4 rings (SSSR count). The summed E-state index contributed by atoms with van der Waals surface area (Å²) in [5.41, 5.74) is 1.20. The molecule has 24 heavy (non-hydrogen) atoms. The quantitative estimate of drug-likeness (QED) is 0.830. The number of benzene rings is 1. The average molecular weight is 371 g/mol. The van der Waals surface area contributed by atoms with E-state index in [1.807, 2.05) is 4.90 Å². The molecule has 8 heteroatoms. The first-order valence-electron chi connectivity index (χ1n) is 7.98. The van der Waals surface area contributed by atoms with Crippen LogP contribution in [0.15, 0.2) is 18.2 Å². The van der Waals surface area contributed by atoms with Gasteiger partial charge < -0.3 is 15.5 Å². The topological polar surface area (TPSA) is 64.7 Å². The fraction of sp³-hybridized carbons (Fsp3) is 0.500. The largest absolute Gasteiger partial charge is 0.338 e. The summed E-state index contributed by atoms with van der Waals surface area (Å²) in [6.45, 7) is 4.76. The van der Waals surface area contributed by atoms with E-state index in [1.165, 1.54) is 0 Å². The van der Waals surface area contributed by atoms with Gasteiger partial charge in [-0.25, -0.2) is 4.79 Å². The third kappa shape index (κ3) is 2.94. The molecule has 0 unspecified atom stereocenters. The van der Waals surface area contributed by atoms with E-state index in [1.54, 1.807) is 23.1 Å². The standard InChI is InChI=1S/C16H19ClN4O2.ClH/c17-13-2-1-10(5-14(13)21-4-3-19-16(21)23)15(22)20-8-11-6-18-7-12(11)9-20;/h1-2,5,11-12,18H,3-4,6-9H2,(H,19,23);1H/t11-,12+;. The van der Waals surface area contributed by atoms with Crippen LogP contribution in [0.3, 0.4) is 0 Å². The number of hydrogen-bond donors (Lipinski definition) is 2. The van der Waals surface area contributed by atoms with Crippen LogP contribution in [0.4, 0.5) is 10.5 Å². The third-order valence-corrected chi connectivity index (χ3v) is 5.34. The van der Waals surface area contributed by atoms with Crippen molar-refractivity contribution in [3.05, 3.63) is 28.8 Å². The Labute approximate surface area is 151 Å². The summed E-state index contributed by atoms with van der Waals surface area (Å²) in [6, 6.07) is 5.02. The monoisotopic (exact) mass is 370 g/mol. The summed E-state index contributed by atoms with van der Waals surface area (Å²) in [5.74, 6) is 1.15. The second-order valence-corrected chi connectivity index (χ2v) is 6.85. The first kappa shape index (κ1) is 17.3. The van der Waals surface area contributed by atoms with Gasteiger partial charge in [0.2, 0.25) is 0 Å². The molecular formula is C16H20Cl2N4O2. The summed E-state index contributed by atoms with van der Waals surface area (Å²) in [4.78, 5) is 28.1. The predicted molar refractivity (Wildman–Crippen MR) is 95.2 cm³/mol. The molecule has 6 nitrogen and oxygen atoms in total. The molecule has 0 aromatic heterocycles. The van der Waals surface area contributed by atoms with E-state index in [2.05, 4.69) is 10.6 Å². The minimum atomic E-state index is -0.168. The molecule has 0 radical (unpaired) electrons. The average Bonchev–Trinajstić information content (AvgIpc) is 3.22. The van der Waals surface area contributed by atoms with Crippen molar-refractivity contribution >= 4 is 41.6 Å². The number of carbonyl (C=O) groups is 2. The van der Waals surface area contributed by atoms with Crippen LogP contribution in [0.2, 0.25) is 5.02 Å². The van der Waals surface area contributed by atoms with Gasteiger partial charge in [0.25, 0.3) is 5.91 Å². The van der Waals surface area contributed by atoms with Crippen LogP contribution < -0.4 is 15.5 Å². The maximum atomic E-state index is 12.8. The first-order valence-corrected chi connectivity index (χ1v) is 8.36. The molecule has 2 N–H and O–H groups in total. The molecule has 130 valence electrons. The minimum absolute atomic E-state index is 0. The number of carbonyl (C=O) groups excluding carboxylic acids is 2. The third-order valence-electron chi connectivity index (χ3n) is 5.02. The highest BCUT2D eigenvalue weighted by molar-refractivity contribution is 6.34. The van der Waals surface area contributed by atoms with E-state index >= 15 is 0 Å². The molecule has 0 bridgehead atoms. The Hall–Kier alpha value is -1.50. The number of nitrogens with zero attached hydrogens (tertiary/aromatic N) is 2. The summed E-state index contributed by atoms with van der Waals surface area (Å²) in [7, 11) is 0. The molecule has 3 saturated heterocycles. The normalized spacial score (nSPS) is 25.5. The van der Waals surface area contributed by atoms with E-state index in [4.69, 9.17) is 11.6 Å². The highest BCUT2D eigenvalue weighted by atomic mass is 35.5. The fourth-order valence-corrected chi connectivity index (χ4v) is 3.98. The lowest BCUT2D eigenvalue weighted by Crippen LogP contribution is -2.32. The van der Waals surface area contributed by atoms with Crippen LogP contribution in [-0.2, 0) is 0 Å². The molecule has 3 aliphatic rings. The molecule has 0 saturated carbocycles. The lowest BCUT2D eigenvalue weighted by Gasteiger charge is -2.20. The predicted octanol–water partition coefficient (Wildman–Crippen LogP) is 1.58. The van der Waals surface area contributed by atoms with Crippen LogP contribution in [0.25, 0.3) is 0 Å². The van der Waals surface area contributed by atoms with Gasteiger partial charge in [0, 0.05) is 44.8 Å². The second kappa shape index (κ2) is 6.78. The number of hydrogen-bond acceptors (Lipinski definition) is 3. The Morgan fingerprint density at radius 2 is 1.92 bits per heavy atom. The smallest absolute Gasteiger partial charge is 0.322 e. The maximum Gasteiger partial charge on any atom is 0.322 e. The lowest BCUT2D eigenvalue weighted by molar-refractivity contribution is 0.0781. The van der Waals surface area contributed by atoms with E-state index in [9.17, 15) is 9.59 Å². The van der Waals surface area contributed by atoms with Crippen LogP contribution in [0.1, 0.15) is 10.4 Å². The highest BCUT2D eigenvalue weighted by Gasteiger charge is 2.38. The number of amides is 3. The van der Waals surface area contributed by atoms with Crippen LogP contribution in [0.5, 0.6) is 0 Å². The van der Waals surface area contributed by atoms with Crippen molar-refractivity contribution in [2.24, 2.45) is 11.8 Å². The van der Waals surface area contributed by atoms with Crippen molar-refractivity contribution < 1.29 is 9.59 Å². The Morgan fingerprint density at radius 1 is 1.21 bits per heavy atom. The maximum absolute atomic E-state index is 12.8. The van der Waals surface area contributed by atoms with Gasteiger partial charge in [-0.2, -0.15) is 0 Å². The zero-order valence-electron chi connectivity index (χ0n) is 13.1. The summed E-state index contributed by atoms with van der Waals surface area (Å²) >= 11 is 6.23. The van der Waals surface area contributed by atoms with Crippen molar-refractivity contribution in [3.8, 4) is 0 Å². The number of nitrogens with one attached hydrogen (secondary N) is 2. The Morgan fingerprint density at radius 3 is 2.54 bits per heavy atom. The van der Waals surface area contributed by atoms with Crippen LogP contribution in [-0.4, -0.2) is 56.1 Å². The van der Waals surface area contributed by atoms with Crippen molar-refractivity contribution in [1.82, 2.24) is 15.5 Å². The molecule has 1 aromatic carbocycles. The SMILES string of the molecule is Cl.O=C(c1ccc(Cl)c(N2CCNC2=O)c1)N1C[C@H]2CNC[C@H]2C1. The van der Waals surface area contributed by atoms with E-state index in [0.717, 1.165) is 26.2 Å². The van der Waals surface area contributed by atoms with Gasteiger partial charge in [0.15, 0.2) is 0 Å². The Balaban J connectivity index is 0.00000169. The van der Waals surface area contributed by atoms with E-state index < -0.39 is 0 Å². The van der Waals surface area contributed by atoms with Crippen molar-refractivity contribution in [3.63, 3.8) is 0 Å². The molecule has 3 heterocycles. The van der Waals surface area contributed by atoms with Crippen LogP contribution in [0, 0.1) is 11.8 Å². The van der Waals surface area contributed by atoms with Gasteiger partial charge >= 0.3 is 6.03 Å². The van der Waals surface area contributed by atoms with Crippen molar-refractivity contribution in [1.29, 1.82) is 0 Å². The Kier molecular flexibility index (Phi) is 4.90. The first-order chi connectivity index (χ1) is 11.1. The van der Waals surface area contributed by atoms with Gasteiger partial charge in [-0.3, -0.25) is 9.69 Å². The summed E-state index contributed by atoms with van der Waals surface area (Å²) in [6.07, 6.45) is 0. The number of halogens is 2. The zero-order valence-corrected chi connectivity index (χ0v) is 14.7. The molecule has 0 aliphatic carbocycles. The molecule has 3 amide bonds. The minimum Gasteiger partial charge on any atom is -0.338 e. The molecule has 3 aliphatic heterocycles. The fourth-order valence-electron chi connectivity index (χ4n) is 3.76. The molecule has 3 fully saturated rings. The zero-order chi connectivity index (χ0) is 16.0.